The van der Waals surface area contributed by atoms with E-state index in [9.17, 15) is 4.79 Å². The largest absolute Gasteiger partial charge is 0.367 e. The number of benzene rings is 1. The van der Waals surface area contributed by atoms with Crippen molar-refractivity contribution in [1.29, 1.82) is 0 Å². The van der Waals surface area contributed by atoms with Gasteiger partial charge in [-0.15, -0.1) is 0 Å². The topological polar surface area (TPSA) is 23.6 Å². The lowest BCUT2D eigenvalue weighted by Crippen LogP contribution is -2.45. The molecule has 0 radical (unpaired) electrons. The summed E-state index contributed by atoms with van der Waals surface area (Å²) in [5, 5.41) is 2.41. The van der Waals surface area contributed by atoms with Crippen molar-refractivity contribution in [3.8, 4) is 0 Å². The fraction of sp³-hybridized carbons (Fsp3) is 0.353. The van der Waals surface area contributed by atoms with Crippen molar-refractivity contribution < 1.29 is 4.79 Å². The van der Waals surface area contributed by atoms with Gasteiger partial charge in [0.25, 0.3) is 0 Å². The molecule has 112 valence electrons. The molecular weight excluding hydrogens is 280 g/mol. The Balaban J connectivity index is 1.87. The van der Waals surface area contributed by atoms with E-state index in [0.717, 1.165) is 32.6 Å². The molecule has 1 unspecified atom stereocenters. The summed E-state index contributed by atoms with van der Waals surface area (Å²) in [6.45, 7) is 7.89. The minimum atomic E-state index is -0.327. The van der Waals surface area contributed by atoms with Gasteiger partial charge in [0.05, 0.1) is 0 Å². The molecule has 1 aromatic carbocycles. The van der Waals surface area contributed by atoms with Gasteiger partial charge < -0.3 is 9.80 Å². The Morgan fingerprint density at radius 3 is 2.43 bits per heavy atom. The van der Waals surface area contributed by atoms with Gasteiger partial charge in [0.15, 0.2) is 0 Å². The number of nitrogens with zero attached hydrogens (tertiary/aromatic N) is 2. The highest BCUT2D eigenvalue weighted by molar-refractivity contribution is 8.23. The van der Waals surface area contributed by atoms with Gasteiger partial charge in [-0.1, -0.05) is 18.2 Å². The summed E-state index contributed by atoms with van der Waals surface area (Å²) >= 11 is 0. The van der Waals surface area contributed by atoms with Gasteiger partial charge in [0.1, 0.15) is 0 Å². The summed E-state index contributed by atoms with van der Waals surface area (Å²) in [5.74, 6) is 0. The molecule has 1 aromatic rings. The number of anilines is 1. The molecule has 3 nitrogen and oxygen atoms in total. The van der Waals surface area contributed by atoms with Crippen molar-refractivity contribution in [1.82, 2.24) is 4.90 Å². The Kier molecular flexibility index (Phi) is 4.06. The first-order valence-electron chi connectivity index (χ1n) is 7.38. The number of hydrogen-bond acceptors (Lipinski definition) is 2. The Hall–Kier alpha value is -1.68. The maximum absolute atomic E-state index is 10.9. The van der Waals surface area contributed by atoms with Crippen molar-refractivity contribution in [2.45, 2.75) is 18.7 Å². The van der Waals surface area contributed by atoms with Crippen LogP contribution in [0.15, 0.2) is 51.1 Å². The van der Waals surface area contributed by atoms with Crippen LogP contribution in [0.3, 0.4) is 0 Å². The minimum absolute atomic E-state index is 0.327. The summed E-state index contributed by atoms with van der Waals surface area (Å²) in [5.41, 5.74) is 2.71. The zero-order chi connectivity index (χ0) is 14.8. The Morgan fingerprint density at radius 2 is 1.81 bits per heavy atom. The maximum atomic E-state index is 10.9. The van der Waals surface area contributed by atoms with E-state index < -0.39 is 0 Å². The van der Waals surface area contributed by atoms with Crippen LogP contribution in [0.4, 0.5) is 5.69 Å². The molecule has 1 amide bonds. The van der Waals surface area contributed by atoms with Crippen LogP contribution in [0.1, 0.15) is 13.8 Å². The van der Waals surface area contributed by atoms with E-state index in [2.05, 4.69) is 54.5 Å². The predicted octanol–water partition coefficient (Wildman–Crippen LogP) is 3.15. The summed E-state index contributed by atoms with van der Waals surface area (Å²) in [4.78, 5) is 18.0. The molecule has 0 bridgehead atoms. The smallest absolute Gasteiger partial charge is 0.209 e. The standard InChI is InChI=1S/C17H22N2OS/c1-14-11-15(2)21(12-14)17-6-4-3-5-16(17)19-9-7-18(13-20)8-10-19/h3-6,11-13,21H,7-10H2,1-2H3. The van der Waals surface area contributed by atoms with E-state index in [4.69, 9.17) is 0 Å². The van der Waals surface area contributed by atoms with Gasteiger partial charge in [0, 0.05) is 36.8 Å². The summed E-state index contributed by atoms with van der Waals surface area (Å²) in [6.07, 6.45) is 3.26. The van der Waals surface area contributed by atoms with Gasteiger partial charge in [-0.2, -0.15) is 10.9 Å². The van der Waals surface area contributed by atoms with Gasteiger partial charge in [0.2, 0.25) is 6.41 Å². The molecule has 3 rings (SSSR count). The molecule has 4 heteroatoms. The zero-order valence-electron chi connectivity index (χ0n) is 12.6. The van der Waals surface area contributed by atoms with Crippen LogP contribution in [-0.4, -0.2) is 37.5 Å². The Labute approximate surface area is 129 Å². The first-order valence-corrected chi connectivity index (χ1v) is 8.79. The summed E-state index contributed by atoms with van der Waals surface area (Å²) in [6, 6.07) is 8.74. The van der Waals surface area contributed by atoms with Gasteiger partial charge >= 0.3 is 0 Å². The molecule has 1 atom stereocenters. The highest BCUT2D eigenvalue weighted by Gasteiger charge is 2.21. The zero-order valence-corrected chi connectivity index (χ0v) is 13.5. The van der Waals surface area contributed by atoms with E-state index in [0.29, 0.717) is 0 Å². The van der Waals surface area contributed by atoms with Crippen molar-refractivity contribution in [2.24, 2.45) is 0 Å². The van der Waals surface area contributed by atoms with E-state index in [1.54, 1.807) is 0 Å². The lowest BCUT2D eigenvalue weighted by atomic mass is 10.2. The van der Waals surface area contributed by atoms with Crippen molar-refractivity contribution >= 4 is 23.0 Å². The molecule has 1 saturated heterocycles. The van der Waals surface area contributed by atoms with Crippen molar-refractivity contribution in [3.05, 3.63) is 46.2 Å². The molecule has 0 saturated carbocycles. The van der Waals surface area contributed by atoms with Crippen LogP contribution in [0.2, 0.25) is 0 Å². The Morgan fingerprint density at radius 1 is 1.10 bits per heavy atom. The van der Waals surface area contributed by atoms with Crippen LogP contribution in [0.25, 0.3) is 0 Å². The number of thiol groups is 1. The average molecular weight is 302 g/mol. The number of hydrogen-bond donors (Lipinski definition) is 1. The van der Waals surface area contributed by atoms with Crippen LogP contribution in [-0.2, 0) is 4.79 Å². The van der Waals surface area contributed by atoms with Gasteiger partial charge in [-0.25, -0.2) is 0 Å². The van der Waals surface area contributed by atoms with E-state index in [-0.39, 0.29) is 10.9 Å². The monoisotopic (exact) mass is 302 g/mol. The third-order valence-electron chi connectivity index (χ3n) is 4.09. The number of amides is 1. The number of allylic oxidation sites excluding steroid dienone is 3. The van der Waals surface area contributed by atoms with E-state index >= 15 is 0 Å². The second-order valence-corrected chi connectivity index (χ2v) is 7.83. The molecule has 2 aliphatic rings. The third-order valence-corrected chi connectivity index (χ3v) is 6.55. The van der Waals surface area contributed by atoms with Crippen LogP contribution in [0.5, 0.6) is 0 Å². The van der Waals surface area contributed by atoms with Gasteiger partial charge in [-0.3, -0.25) is 4.79 Å². The van der Waals surface area contributed by atoms with Crippen LogP contribution >= 0.6 is 10.9 Å². The lowest BCUT2D eigenvalue weighted by Gasteiger charge is -2.36. The van der Waals surface area contributed by atoms with Crippen LogP contribution in [0, 0.1) is 0 Å². The molecule has 0 aliphatic carbocycles. The van der Waals surface area contributed by atoms with E-state index in [1.807, 2.05) is 4.90 Å². The quantitative estimate of drug-likeness (QED) is 0.685. The molecule has 0 spiro atoms. The average Bonchev–Trinajstić information content (AvgIpc) is 2.86. The first-order chi connectivity index (χ1) is 10.2. The van der Waals surface area contributed by atoms with Crippen LogP contribution < -0.4 is 4.90 Å². The highest BCUT2D eigenvalue weighted by Crippen LogP contribution is 2.53. The number of carbonyl (C=O) groups is 1. The molecule has 21 heavy (non-hydrogen) atoms. The molecule has 0 N–H and O–H groups in total. The SMILES string of the molecule is CC1=C[SH](c2ccccc2N2CCN(C=O)CC2)C(C)=C1. The highest BCUT2D eigenvalue weighted by atomic mass is 32.2. The fourth-order valence-electron chi connectivity index (χ4n) is 3.00. The van der Waals surface area contributed by atoms with E-state index in [1.165, 1.54) is 21.1 Å². The lowest BCUT2D eigenvalue weighted by molar-refractivity contribution is -0.118. The predicted molar refractivity (Wildman–Crippen MR) is 91.1 cm³/mol. The molecule has 0 aromatic heterocycles. The summed E-state index contributed by atoms with van der Waals surface area (Å²) < 4.78 is 0. The number of rotatable bonds is 3. The second kappa shape index (κ2) is 5.98. The summed E-state index contributed by atoms with van der Waals surface area (Å²) in [7, 11) is -0.327. The van der Waals surface area contributed by atoms with Crippen molar-refractivity contribution in [3.63, 3.8) is 0 Å². The molecule has 1 fully saturated rings. The number of carbonyl (C=O) groups excluding carboxylic acids is 1. The van der Waals surface area contributed by atoms with Crippen molar-refractivity contribution in [2.75, 3.05) is 31.1 Å². The molecular formula is C17H22N2OS. The van der Waals surface area contributed by atoms with Gasteiger partial charge in [-0.05, 0) is 41.9 Å². The maximum Gasteiger partial charge on any atom is 0.209 e. The molecule has 2 aliphatic heterocycles. The first kappa shape index (κ1) is 14.3. The third kappa shape index (κ3) is 2.86. The fourth-order valence-corrected chi connectivity index (χ4v) is 5.26. The number of para-hydroxylation sites is 1. The molecule has 2 heterocycles. The Bertz CT molecular complexity index is 601. The second-order valence-electron chi connectivity index (χ2n) is 5.65. The number of piperazine rings is 1. The minimum Gasteiger partial charge on any atom is -0.367 e. The normalized spacial score (nSPS) is 23.8.